The highest BCUT2D eigenvalue weighted by Crippen LogP contribution is 2.20. The highest BCUT2D eigenvalue weighted by molar-refractivity contribution is 6.11. The van der Waals surface area contributed by atoms with Crippen LogP contribution in [0.25, 0.3) is 0 Å². The van der Waals surface area contributed by atoms with E-state index in [-0.39, 0.29) is 5.78 Å². The Morgan fingerprint density at radius 3 is 2.20 bits per heavy atom. The molecule has 7 heteroatoms. The van der Waals surface area contributed by atoms with Crippen molar-refractivity contribution >= 4 is 23.5 Å². The van der Waals surface area contributed by atoms with E-state index in [0.29, 0.717) is 29.8 Å². The number of rotatable bonds is 3. The van der Waals surface area contributed by atoms with Crippen molar-refractivity contribution in [3.63, 3.8) is 0 Å². The number of carbonyl (C=O) groups excluding carboxylic acids is 2. The van der Waals surface area contributed by atoms with E-state index in [2.05, 4.69) is 0 Å². The van der Waals surface area contributed by atoms with Gasteiger partial charge in [0.15, 0.2) is 5.78 Å². The van der Waals surface area contributed by atoms with Crippen LogP contribution in [0.2, 0.25) is 0 Å². The van der Waals surface area contributed by atoms with Crippen LogP contribution in [-0.4, -0.2) is 46.0 Å². The van der Waals surface area contributed by atoms with Gasteiger partial charge in [0.1, 0.15) is 11.6 Å². The van der Waals surface area contributed by atoms with Gasteiger partial charge in [-0.25, -0.2) is 9.59 Å². The lowest BCUT2D eigenvalue weighted by atomic mass is 10.0. The SMILES string of the molecule is CC(C)(C)OC(=O)N1CCC[C@@H]1C(=O)O.Nc1ccccc1C(=O)c1ccccc1. The number of carboxylic acid groups (broad SMARTS) is 1. The molecule has 3 N–H and O–H groups in total. The Bertz CT molecular complexity index is 890. The summed E-state index contributed by atoms with van der Waals surface area (Å²) < 4.78 is 5.13. The van der Waals surface area contributed by atoms with Crippen LogP contribution in [-0.2, 0) is 9.53 Å². The van der Waals surface area contributed by atoms with Crippen LogP contribution in [0, 0.1) is 0 Å². The molecule has 30 heavy (non-hydrogen) atoms. The average molecular weight is 412 g/mol. The Kier molecular flexibility index (Phi) is 7.58. The summed E-state index contributed by atoms with van der Waals surface area (Å²) in [5.74, 6) is -0.993. The van der Waals surface area contributed by atoms with Crippen LogP contribution in [0.15, 0.2) is 54.6 Å². The normalized spacial score (nSPS) is 15.7. The van der Waals surface area contributed by atoms with E-state index in [1.807, 2.05) is 30.3 Å². The summed E-state index contributed by atoms with van der Waals surface area (Å²) in [6, 6.07) is 15.5. The summed E-state index contributed by atoms with van der Waals surface area (Å²) in [7, 11) is 0. The Morgan fingerprint density at radius 1 is 1.03 bits per heavy atom. The smallest absolute Gasteiger partial charge is 0.411 e. The number of nitrogens with two attached hydrogens (primary N) is 1. The maximum absolute atomic E-state index is 12.0. The molecule has 7 nitrogen and oxygen atoms in total. The first-order valence-electron chi connectivity index (χ1n) is 9.77. The highest BCUT2D eigenvalue weighted by atomic mass is 16.6. The van der Waals surface area contributed by atoms with Gasteiger partial charge in [0.05, 0.1) is 0 Å². The second-order valence-electron chi connectivity index (χ2n) is 7.95. The lowest BCUT2D eigenvalue weighted by Gasteiger charge is -2.26. The Balaban J connectivity index is 0.000000214. The van der Waals surface area contributed by atoms with Gasteiger partial charge in [-0.1, -0.05) is 42.5 Å². The standard InChI is InChI=1S/C13H11NO.C10H17NO4/c14-12-9-5-4-8-11(12)13(15)10-6-2-1-3-7-10;1-10(2,3)15-9(14)11-6-4-5-7(11)8(12)13/h1-9H,14H2;7H,4-6H2,1-3H3,(H,12,13)/t;7-/m.1/s1. The first kappa shape index (κ1) is 22.9. The van der Waals surface area contributed by atoms with Crippen molar-refractivity contribution in [2.75, 3.05) is 12.3 Å². The Hall–Kier alpha value is -3.35. The molecule has 2 aromatic rings. The monoisotopic (exact) mass is 412 g/mol. The number of nitrogens with zero attached hydrogens (tertiary/aromatic N) is 1. The van der Waals surface area contributed by atoms with Crippen LogP contribution < -0.4 is 5.73 Å². The Labute approximate surface area is 176 Å². The van der Waals surface area contributed by atoms with Crippen molar-refractivity contribution in [2.24, 2.45) is 0 Å². The van der Waals surface area contributed by atoms with Crippen LogP contribution >= 0.6 is 0 Å². The second-order valence-corrected chi connectivity index (χ2v) is 7.95. The molecule has 0 aliphatic carbocycles. The van der Waals surface area contributed by atoms with Crippen molar-refractivity contribution in [3.05, 3.63) is 65.7 Å². The van der Waals surface area contributed by atoms with Gasteiger partial charge in [-0.2, -0.15) is 0 Å². The molecule has 1 aliphatic heterocycles. The molecule has 0 saturated carbocycles. The van der Waals surface area contributed by atoms with Gasteiger partial charge in [0, 0.05) is 23.4 Å². The molecule has 1 saturated heterocycles. The number of hydrogen-bond donors (Lipinski definition) is 2. The molecule has 0 unspecified atom stereocenters. The number of aliphatic carboxylic acids is 1. The Morgan fingerprint density at radius 2 is 1.63 bits per heavy atom. The number of benzene rings is 2. The molecular weight excluding hydrogens is 384 g/mol. The van der Waals surface area contributed by atoms with Crippen LogP contribution in [0.5, 0.6) is 0 Å². The lowest BCUT2D eigenvalue weighted by molar-refractivity contribution is -0.142. The lowest BCUT2D eigenvalue weighted by Crippen LogP contribution is -2.43. The molecule has 160 valence electrons. The molecule has 3 rings (SSSR count). The number of nitrogen functional groups attached to an aromatic ring is 1. The number of anilines is 1. The molecule has 0 bridgehead atoms. The van der Waals surface area contributed by atoms with Crippen molar-refractivity contribution in [1.29, 1.82) is 0 Å². The summed E-state index contributed by atoms with van der Waals surface area (Å²) in [6.07, 6.45) is 0.692. The zero-order chi connectivity index (χ0) is 22.3. The fraction of sp³-hybridized carbons (Fsp3) is 0.348. The van der Waals surface area contributed by atoms with Gasteiger partial charge in [-0.15, -0.1) is 0 Å². The zero-order valence-corrected chi connectivity index (χ0v) is 17.5. The zero-order valence-electron chi connectivity index (χ0n) is 17.5. The van der Waals surface area contributed by atoms with Gasteiger partial charge in [0.2, 0.25) is 0 Å². The summed E-state index contributed by atoms with van der Waals surface area (Å²) in [4.78, 5) is 35.7. The maximum atomic E-state index is 12.0. The maximum Gasteiger partial charge on any atom is 0.411 e. The average Bonchev–Trinajstić information content (AvgIpc) is 3.18. The number of carboxylic acids is 1. The van der Waals surface area contributed by atoms with Crippen LogP contribution in [0.3, 0.4) is 0 Å². The first-order chi connectivity index (χ1) is 14.1. The minimum atomic E-state index is -0.960. The molecule has 1 amide bonds. The summed E-state index contributed by atoms with van der Waals surface area (Å²) in [5, 5.41) is 8.88. The fourth-order valence-electron chi connectivity index (χ4n) is 3.01. The molecule has 0 aromatic heterocycles. The van der Waals surface area contributed by atoms with E-state index >= 15 is 0 Å². The molecule has 0 spiro atoms. The third-order valence-corrected chi connectivity index (χ3v) is 4.41. The largest absolute Gasteiger partial charge is 0.480 e. The van der Waals surface area contributed by atoms with Gasteiger partial charge in [-0.05, 0) is 45.7 Å². The number of para-hydroxylation sites is 1. The van der Waals surface area contributed by atoms with Gasteiger partial charge < -0.3 is 15.6 Å². The predicted octanol–water partition coefficient (Wildman–Crippen LogP) is 3.97. The number of ether oxygens (including phenoxy) is 1. The number of amides is 1. The van der Waals surface area contributed by atoms with E-state index in [4.69, 9.17) is 15.6 Å². The van der Waals surface area contributed by atoms with Crippen LogP contribution in [0.1, 0.15) is 49.5 Å². The first-order valence-corrected chi connectivity index (χ1v) is 9.77. The highest BCUT2D eigenvalue weighted by Gasteiger charge is 2.36. The summed E-state index contributed by atoms with van der Waals surface area (Å²) in [6.45, 7) is 5.75. The minimum Gasteiger partial charge on any atom is -0.480 e. The molecule has 1 atom stereocenters. The molecule has 1 aliphatic rings. The molecule has 0 radical (unpaired) electrons. The molecule has 1 fully saturated rings. The van der Waals surface area contributed by atoms with Crippen molar-refractivity contribution in [3.8, 4) is 0 Å². The van der Waals surface area contributed by atoms with Crippen molar-refractivity contribution in [1.82, 2.24) is 4.90 Å². The van der Waals surface area contributed by atoms with E-state index in [1.54, 1.807) is 45.0 Å². The van der Waals surface area contributed by atoms with E-state index in [9.17, 15) is 14.4 Å². The number of hydrogen-bond acceptors (Lipinski definition) is 5. The van der Waals surface area contributed by atoms with Crippen molar-refractivity contribution < 1.29 is 24.2 Å². The predicted molar refractivity (Wildman–Crippen MR) is 114 cm³/mol. The quantitative estimate of drug-likeness (QED) is 0.583. The number of carbonyl (C=O) groups is 3. The van der Waals surface area contributed by atoms with Gasteiger partial charge in [0.25, 0.3) is 0 Å². The molecule has 2 aromatic carbocycles. The summed E-state index contributed by atoms with van der Waals surface area (Å²) >= 11 is 0. The van der Waals surface area contributed by atoms with E-state index < -0.39 is 23.7 Å². The second kappa shape index (κ2) is 9.91. The van der Waals surface area contributed by atoms with E-state index in [0.717, 1.165) is 6.42 Å². The fourth-order valence-corrected chi connectivity index (χ4v) is 3.01. The van der Waals surface area contributed by atoms with Gasteiger partial charge in [-0.3, -0.25) is 9.69 Å². The number of ketones is 1. The number of likely N-dealkylation sites (tertiary alicyclic amines) is 1. The minimum absolute atomic E-state index is 0.0336. The van der Waals surface area contributed by atoms with Crippen molar-refractivity contribution in [2.45, 2.75) is 45.3 Å². The third kappa shape index (κ3) is 6.34. The molecule has 1 heterocycles. The van der Waals surface area contributed by atoms with Gasteiger partial charge >= 0.3 is 12.1 Å². The third-order valence-electron chi connectivity index (χ3n) is 4.41. The van der Waals surface area contributed by atoms with Crippen LogP contribution in [0.4, 0.5) is 10.5 Å². The topological polar surface area (TPSA) is 110 Å². The van der Waals surface area contributed by atoms with E-state index in [1.165, 1.54) is 4.90 Å². The summed E-state index contributed by atoms with van der Waals surface area (Å²) in [5.41, 5.74) is 6.90. The molecular formula is C23H28N2O5.